The predicted molar refractivity (Wildman–Crippen MR) is 110 cm³/mol. The van der Waals surface area contributed by atoms with Crippen LogP contribution in [0.3, 0.4) is 0 Å². The van der Waals surface area contributed by atoms with Gasteiger partial charge in [-0.15, -0.1) is 0 Å². The van der Waals surface area contributed by atoms with Crippen molar-refractivity contribution in [3.63, 3.8) is 0 Å². The molecule has 0 saturated carbocycles. The summed E-state index contributed by atoms with van der Waals surface area (Å²) in [6.45, 7) is 1.69. The molecule has 4 rings (SSSR count). The molecule has 2 N–H and O–H groups in total. The molecule has 3 heterocycles. The van der Waals surface area contributed by atoms with E-state index in [1.54, 1.807) is 31.5 Å². The van der Waals surface area contributed by atoms with Gasteiger partial charge in [0.2, 0.25) is 5.88 Å². The molecule has 3 aliphatic heterocycles. The number of aryl methyl sites for hydroxylation is 1. The Balaban J connectivity index is 1.83. The van der Waals surface area contributed by atoms with Gasteiger partial charge in [-0.25, -0.2) is 4.98 Å². The standard InChI is InChI=1S/C21H18F3N3O3S/c1-12-8-17(16-6-7-25-19(16)27(12)28)18-10-15(31(2)29)11-26-20(18)30-14-5-3-4-13(9-14)21(22,23)24/h3-9,11,26,28H,10H2,1-2H3. The molecule has 0 aromatic heterocycles. The first-order valence-corrected chi connectivity index (χ1v) is 10.7. The Kier molecular flexibility index (Phi) is 5.26. The van der Waals surface area contributed by atoms with Crippen LogP contribution in [0.5, 0.6) is 5.75 Å². The minimum atomic E-state index is -4.50. The zero-order valence-corrected chi connectivity index (χ0v) is 17.3. The Hall–Kier alpha value is -3.27. The molecule has 0 fully saturated rings. The molecule has 6 nitrogen and oxygen atoms in total. The fourth-order valence-electron chi connectivity index (χ4n) is 3.36. The summed E-state index contributed by atoms with van der Waals surface area (Å²) < 4.78 is 58.1. The molecule has 10 heteroatoms. The van der Waals surface area contributed by atoms with Crippen LogP contribution in [0.1, 0.15) is 23.2 Å². The van der Waals surface area contributed by atoms with Gasteiger partial charge in [0.15, 0.2) is 5.82 Å². The first-order chi connectivity index (χ1) is 14.6. The highest BCUT2D eigenvalue weighted by Crippen LogP contribution is 2.38. The molecule has 0 amide bonds. The van der Waals surface area contributed by atoms with E-state index < -0.39 is 22.5 Å². The number of alkyl halides is 3. The number of rotatable bonds is 4. The van der Waals surface area contributed by atoms with Crippen molar-refractivity contribution in [2.24, 2.45) is 0 Å². The van der Waals surface area contributed by atoms with E-state index in [1.807, 2.05) is 0 Å². The van der Waals surface area contributed by atoms with Gasteiger partial charge in [0.1, 0.15) is 5.75 Å². The monoisotopic (exact) mass is 449 g/mol. The van der Waals surface area contributed by atoms with Gasteiger partial charge < -0.3 is 15.3 Å². The van der Waals surface area contributed by atoms with E-state index in [2.05, 4.69) is 10.3 Å². The Morgan fingerprint density at radius 1 is 1.23 bits per heavy atom. The van der Waals surface area contributed by atoms with E-state index in [0.29, 0.717) is 33.1 Å². The zero-order valence-electron chi connectivity index (χ0n) is 16.5. The van der Waals surface area contributed by atoms with E-state index in [0.717, 1.165) is 16.9 Å². The second kappa shape index (κ2) is 7.77. The number of hydrogen-bond acceptors (Lipinski definition) is 5. The Labute approximate surface area is 178 Å². The van der Waals surface area contributed by atoms with Gasteiger partial charge in [0.05, 0.1) is 11.3 Å². The lowest BCUT2D eigenvalue weighted by Gasteiger charge is -2.24. The van der Waals surface area contributed by atoms with Gasteiger partial charge in [0.25, 0.3) is 0 Å². The quantitative estimate of drug-likeness (QED) is 0.573. The molecular weight excluding hydrogens is 431 g/mol. The van der Waals surface area contributed by atoms with Crippen LogP contribution in [-0.2, 0) is 17.0 Å². The third-order valence-electron chi connectivity index (χ3n) is 4.92. The molecular formula is C21H18F3N3O3S. The summed E-state index contributed by atoms with van der Waals surface area (Å²) in [5, 5.41) is 13.2. The van der Waals surface area contributed by atoms with Crippen molar-refractivity contribution in [3.8, 4) is 17.1 Å². The van der Waals surface area contributed by atoms with Crippen molar-refractivity contribution in [1.29, 1.82) is 0 Å². The highest BCUT2D eigenvalue weighted by Gasteiger charge is 2.31. The first-order valence-electron chi connectivity index (χ1n) is 9.19. The Bertz CT molecular complexity index is 1210. The van der Waals surface area contributed by atoms with Crippen molar-refractivity contribution in [2.45, 2.75) is 19.5 Å². The number of hydrogen-bond donors (Lipinski definition) is 2. The van der Waals surface area contributed by atoms with Crippen LogP contribution in [-0.4, -0.2) is 25.4 Å². The summed E-state index contributed by atoms with van der Waals surface area (Å²) in [4.78, 5) is 4.76. The maximum Gasteiger partial charge on any atom is 0.416 e. The largest absolute Gasteiger partial charge is 0.441 e. The second-order valence-corrected chi connectivity index (χ2v) is 8.45. The van der Waals surface area contributed by atoms with Crippen LogP contribution in [0.25, 0.3) is 17.0 Å². The number of allylic oxidation sites excluding steroid dienone is 2. The number of aromatic nitrogens is 2. The van der Waals surface area contributed by atoms with E-state index in [-0.39, 0.29) is 18.1 Å². The van der Waals surface area contributed by atoms with Crippen molar-refractivity contribution in [2.75, 3.05) is 6.26 Å². The summed E-state index contributed by atoms with van der Waals surface area (Å²) >= 11 is 0. The lowest BCUT2D eigenvalue weighted by Crippen LogP contribution is -2.21. The number of pyridine rings is 1. The van der Waals surface area contributed by atoms with Crippen LogP contribution in [0.2, 0.25) is 0 Å². The molecule has 1 aromatic carbocycles. The van der Waals surface area contributed by atoms with Gasteiger partial charge in [-0.3, -0.25) is 4.21 Å². The van der Waals surface area contributed by atoms with Crippen molar-refractivity contribution in [1.82, 2.24) is 15.0 Å². The first kappa shape index (κ1) is 21.0. The molecule has 31 heavy (non-hydrogen) atoms. The van der Waals surface area contributed by atoms with Gasteiger partial charge >= 0.3 is 6.18 Å². The molecule has 1 unspecified atom stereocenters. The third-order valence-corrected chi connectivity index (χ3v) is 5.92. The number of ether oxygens (including phenoxy) is 1. The number of nitrogens with zero attached hydrogens (tertiary/aromatic N) is 2. The van der Waals surface area contributed by atoms with E-state index in [9.17, 15) is 22.6 Å². The number of nitrogens with one attached hydrogen (secondary N) is 1. The third kappa shape index (κ3) is 4.02. The topological polar surface area (TPSA) is 76.4 Å². The smallest absolute Gasteiger partial charge is 0.416 e. The summed E-state index contributed by atoms with van der Waals surface area (Å²) in [6.07, 6.45) is 0.367. The fraction of sp³-hybridized carbons (Fsp3) is 0.190. The average molecular weight is 449 g/mol. The Morgan fingerprint density at radius 3 is 2.71 bits per heavy atom. The van der Waals surface area contributed by atoms with Crippen LogP contribution < -0.4 is 10.1 Å². The summed E-state index contributed by atoms with van der Waals surface area (Å²) in [6, 6.07) is 8.01. The SMILES string of the molecule is Cc1cc(C2=C(Oc3cccc(C(F)(F)F)c3)NC=C(S(C)=O)C2)c2ccnc-2n1O. The van der Waals surface area contributed by atoms with E-state index in [4.69, 9.17) is 4.74 Å². The fourth-order valence-corrected chi connectivity index (χ4v) is 3.93. The molecule has 1 aromatic rings. The summed E-state index contributed by atoms with van der Waals surface area (Å²) in [7, 11) is -1.27. The molecule has 0 spiro atoms. The lowest BCUT2D eigenvalue weighted by molar-refractivity contribution is -0.137. The van der Waals surface area contributed by atoms with Crippen LogP contribution in [0, 0.1) is 6.92 Å². The number of halogens is 3. The van der Waals surface area contributed by atoms with Gasteiger partial charge in [-0.1, -0.05) is 6.07 Å². The predicted octanol–water partition coefficient (Wildman–Crippen LogP) is 4.51. The molecule has 0 aliphatic carbocycles. The minimum absolute atomic E-state index is 0.00560. The maximum absolute atomic E-state index is 13.1. The number of fused-ring (bicyclic) bond motifs is 1. The van der Waals surface area contributed by atoms with E-state index >= 15 is 0 Å². The van der Waals surface area contributed by atoms with Crippen LogP contribution >= 0.6 is 0 Å². The Morgan fingerprint density at radius 2 is 2.00 bits per heavy atom. The van der Waals surface area contributed by atoms with Crippen LogP contribution in [0.4, 0.5) is 13.2 Å². The van der Waals surface area contributed by atoms with Crippen molar-refractivity contribution >= 4 is 16.4 Å². The van der Waals surface area contributed by atoms with Crippen molar-refractivity contribution < 1.29 is 27.3 Å². The summed E-state index contributed by atoms with van der Waals surface area (Å²) in [5.41, 5.74) is 1.56. The van der Waals surface area contributed by atoms with Gasteiger partial charge in [-0.2, -0.15) is 17.9 Å². The molecule has 1 atom stereocenters. The lowest BCUT2D eigenvalue weighted by atomic mass is 9.96. The summed E-state index contributed by atoms with van der Waals surface area (Å²) in [5.74, 6) is 0.548. The van der Waals surface area contributed by atoms with Crippen molar-refractivity contribution in [3.05, 3.63) is 76.4 Å². The maximum atomic E-state index is 13.1. The molecule has 162 valence electrons. The van der Waals surface area contributed by atoms with Gasteiger partial charge in [0, 0.05) is 51.9 Å². The molecule has 0 saturated heterocycles. The molecule has 0 bridgehead atoms. The minimum Gasteiger partial charge on any atom is -0.441 e. The van der Waals surface area contributed by atoms with Crippen LogP contribution in [0.15, 0.2) is 59.6 Å². The highest BCUT2D eigenvalue weighted by molar-refractivity contribution is 7.88. The second-order valence-electron chi connectivity index (χ2n) is 7.01. The van der Waals surface area contributed by atoms with Gasteiger partial charge in [-0.05, 0) is 42.8 Å². The average Bonchev–Trinajstić information content (AvgIpc) is 3.21. The normalized spacial score (nSPS) is 15.6. The molecule has 0 radical (unpaired) electrons. The zero-order chi connectivity index (χ0) is 22.3. The van der Waals surface area contributed by atoms with E-state index in [1.165, 1.54) is 18.3 Å². The number of dihydropyridines is 1. The molecule has 3 aliphatic rings. The highest BCUT2D eigenvalue weighted by atomic mass is 32.2. The number of benzene rings is 1.